The third-order valence-corrected chi connectivity index (χ3v) is 5.76. The first-order valence-corrected chi connectivity index (χ1v) is 11.3. The highest BCUT2D eigenvalue weighted by molar-refractivity contribution is 7.99. The van der Waals surface area contributed by atoms with E-state index in [0.29, 0.717) is 22.3 Å². The molecule has 170 valence electrons. The number of para-hydroxylation sites is 1. The highest BCUT2D eigenvalue weighted by atomic mass is 32.2. The molecule has 0 fully saturated rings. The number of non-ortho nitro benzene ring substituents is 1. The fourth-order valence-electron chi connectivity index (χ4n) is 3.17. The average Bonchev–Trinajstić information content (AvgIpc) is 3.31. The van der Waals surface area contributed by atoms with E-state index in [0.717, 1.165) is 11.3 Å². The number of hydrogen-bond acceptors (Lipinski definition) is 7. The molecular weight excluding hydrogens is 452 g/mol. The van der Waals surface area contributed by atoms with E-state index in [9.17, 15) is 14.9 Å². The maximum atomic E-state index is 12.4. The fourth-order valence-corrected chi connectivity index (χ4v) is 3.91. The maximum absolute atomic E-state index is 12.4. The predicted molar refractivity (Wildman–Crippen MR) is 131 cm³/mol. The summed E-state index contributed by atoms with van der Waals surface area (Å²) in [6, 6.07) is 25.5. The lowest BCUT2D eigenvalue weighted by Crippen LogP contribution is -2.21. The normalized spacial score (nSPS) is 11.3. The van der Waals surface area contributed by atoms with Gasteiger partial charge in [-0.25, -0.2) is 5.43 Å². The Morgan fingerprint density at radius 3 is 2.44 bits per heavy atom. The van der Waals surface area contributed by atoms with Gasteiger partial charge in [-0.15, -0.1) is 10.2 Å². The Morgan fingerprint density at radius 2 is 1.74 bits per heavy atom. The highest BCUT2D eigenvalue weighted by Gasteiger charge is 2.17. The van der Waals surface area contributed by atoms with Crippen molar-refractivity contribution in [2.45, 2.75) is 12.1 Å². The first kappa shape index (κ1) is 22.9. The van der Waals surface area contributed by atoms with Crippen molar-refractivity contribution in [3.05, 3.63) is 101 Å². The summed E-state index contributed by atoms with van der Waals surface area (Å²) in [5.74, 6) is 0.402. The fraction of sp³-hybridized carbons (Fsp3) is 0.0833. The van der Waals surface area contributed by atoms with E-state index in [1.54, 1.807) is 19.1 Å². The van der Waals surface area contributed by atoms with E-state index in [4.69, 9.17) is 0 Å². The minimum Gasteiger partial charge on any atom is -0.272 e. The lowest BCUT2D eigenvalue weighted by molar-refractivity contribution is -0.384. The molecule has 1 aromatic heterocycles. The molecule has 0 saturated heterocycles. The average molecular weight is 473 g/mol. The molecule has 0 aliphatic heterocycles. The number of carbonyl (C=O) groups is 1. The molecule has 4 rings (SSSR count). The molecule has 0 spiro atoms. The van der Waals surface area contributed by atoms with E-state index in [-0.39, 0.29) is 17.3 Å². The zero-order valence-electron chi connectivity index (χ0n) is 18.2. The van der Waals surface area contributed by atoms with Gasteiger partial charge >= 0.3 is 0 Å². The van der Waals surface area contributed by atoms with E-state index in [1.807, 2.05) is 65.2 Å². The summed E-state index contributed by atoms with van der Waals surface area (Å²) in [4.78, 5) is 22.9. The van der Waals surface area contributed by atoms with Crippen LogP contribution in [-0.2, 0) is 4.79 Å². The Kier molecular flexibility index (Phi) is 7.09. The van der Waals surface area contributed by atoms with Crippen molar-refractivity contribution < 1.29 is 9.72 Å². The summed E-state index contributed by atoms with van der Waals surface area (Å²) in [5.41, 5.74) is 5.27. The van der Waals surface area contributed by atoms with Gasteiger partial charge in [0.1, 0.15) is 0 Å². The van der Waals surface area contributed by atoms with Gasteiger partial charge in [-0.2, -0.15) is 5.10 Å². The Morgan fingerprint density at radius 1 is 1.03 bits per heavy atom. The number of benzene rings is 3. The SMILES string of the molecule is C/C(=N\NC(=O)CSc1nnc(-c2ccccc2)n1-c1ccccc1)c1cccc([N+](=O)[O-])c1. The topological polar surface area (TPSA) is 115 Å². The van der Waals surface area contributed by atoms with Gasteiger partial charge in [0.2, 0.25) is 0 Å². The number of rotatable bonds is 8. The van der Waals surface area contributed by atoms with Crippen LogP contribution in [0, 0.1) is 10.1 Å². The van der Waals surface area contributed by atoms with E-state index in [1.165, 1.54) is 23.9 Å². The number of nitrogens with zero attached hydrogens (tertiary/aromatic N) is 5. The minimum atomic E-state index is -0.474. The van der Waals surface area contributed by atoms with Crippen LogP contribution in [-0.4, -0.2) is 37.1 Å². The second kappa shape index (κ2) is 10.5. The first-order valence-electron chi connectivity index (χ1n) is 10.3. The standard InChI is InChI=1S/C24H20N6O3S/c1-17(19-11-8-14-21(15-19)30(32)33)25-26-22(31)16-34-24-28-27-23(18-9-4-2-5-10-18)29(24)20-12-6-3-7-13-20/h2-15H,16H2,1H3,(H,26,31)/b25-17+. The largest absolute Gasteiger partial charge is 0.272 e. The molecule has 1 heterocycles. The van der Waals surface area contributed by atoms with Gasteiger partial charge in [-0.3, -0.25) is 19.5 Å². The molecule has 3 aromatic carbocycles. The van der Waals surface area contributed by atoms with Crippen LogP contribution >= 0.6 is 11.8 Å². The zero-order valence-corrected chi connectivity index (χ0v) is 19.0. The Balaban J connectivity index is 1.49. The predicted octanol–water partition coefficient (Wildman–Crippen LogP) is 4.48. The molecular formula is C24H20N6O3S. The van der Waals surface area contributed by atoms with Gasteiger partial charge in [0.15, 0.2) is 11.0 Å². The van der Waals surface area contributed by atoms with Crippen LogP contribution in [0.4, 0.5) is 5.69 Å². The van der Waals surface area contributed by atoms with Gasteiger partial charge < -0.3 is 0 Å². The molecule has 10 heteroatoms. The summed E-state index contributed by atoms with van der Waals surface area (Å²) in [7, 11) is 0. The Hall–Kier alpha value is -4.31. The van der Waals surface area contributed by atoms with Crippen molar-refractivity contribution in [3.8, 4) is 17.1 Å². The second-order valence-electron chi connectivity index (χ2n) is 7.17. The Labute approximate surface area is 199 Å². The first-order chi connectivity index (χ1) is 16.5. The molecule has 0 radical (unpaired) electrons. The summed E-state index contributed by atoms with van der Waals surface area (Å²) in [5, 5.41) is 24.3. The number of nitro benzene ring substituents is 1. The second-order valence-corrected chi connectivity index (χ2v) is 8.11. The number of hydrazone groups is 1. The summed E-state index contributed by atoms with van der Waals surface area (Å²) in [6.45, 7) is 1.67. The number of thioether (sulfide) groups is 1. The molecule has 0 aliphatic carbocycles. The van der Waals surface area contributed by atoms with Crippen LogP contribution in [0.2, 0.25) is 0 Å². The van der Waals surface area contributed by atoms with E-state index in [2.05, 4.69) is 20.7 Å². The summed E-state index contributed by atoms with van der Waals surface area (Å²) in [6.07, 6.45) is 0. The zero-order chi connectivity index (χ0) is 23.9. The van der Waals surface area contributed by atoms with E-state index < -0.39 is 4.92 Å². The third-order valence-electron chi connectivity index (χ3n) is 4.84. The smallest absolute Gasteiger partial charge is 0.270 e. The van der Waals surface area contributed by atoms with Gasteiger partial charge in [-0.05, 0) is 19.1 Å². The van der Waals surface area contributed by atoms with E-state index >= 15 is 0 Å². The third kappa shape index (κ3) is 5.36. The number of aromatic nitrogens is 3. The van der Waals surface area contributed by atoms with Crippen LogP contribution < -0.4 is 5.43 Å². The molecule has 9 nitrogen and oxygen atoms in total. The van der Waals surface area contributed by atoms with Gasteiger partial charge in [0, 0.05) is 28.9 Å². The van der Waals surface area contributed by atoms with Crippen molar-refractivity contribution in [1.29, 1.82) is 0 Å². The molecule has 0 unspecified atom stereocenters. The molecule has 34 heavy (non-hydrogen) atoms. The number of carbonyl (C=O) groups excluding carboxylic acids is 1. The van der Waals surface area contributed by atoms with Crippen LogP contribution in [0.1, 0.15) is 12.5 Å². The minimum absolute atomic E-state index is 0.0385. The summed E-state index contributed by atoms with van der Waals surface area (Å²) >= 11 is 1.24. The van der Waals surface area contributed by atoms with Crippen LogP contribution in [0.25, 0.3) is 17.1 Å². The number of hydrogen-bond donors (Lipinski definition) is 1. The van der Waals surface area contributed by atoms with Gasteiger partial charge in [-0.1, -0.05) is 72.4 Å². The van der Waals surface area contributed by atoms with Crippen LogP contribution in [0.15, 0.2) is 95.2 Å². The van der Waals surface area contributed by atoms with Crippen LogP contribution in [0.5, 0.6) is 0 Å². The van der Waals surface area contributed by atoms with Crippen molar-refractivity contribution in [3.63, 3.8) is 0 Å². The monoisotopic (exact) mass is 472 g/mol. The highest BCUT2D eigenvalue weighted by Crippen LogP contribution is 2.27. The molecule has 0 atom stereocenters. The van der Waals surface area contributed by atoms with Crippen molar-refractivity contribution >= 4 is 29.1 Å². The lowest BCUT2D eigenvalue weighted by atomic mass is 10.1. The maximum Gasteiger partial charge on any atom is 0.270 e. The Bertz CT molecular complexity index is 1340. The molecule has 0 saturated carbocycles. The number of nitrogens with one attached hydrogen (secondary N) is 1. The summed E-state index contributed by atoms with van der Waals surface area (Å²) < 4.78 is 1.91. The quantitative estimate of drug-likeness (QED) is 0.175. The van der Waals surface area contributed by atoms with Gasteiger partial charge in [0.05, 0.1) is 16.4 Å². The number of nitro groups is 1. The molecule has 0 bridgehead atoms. The lowest BCUT2D eigenvalue weighted by Gasteiger charge is -2.10. The number of amides is 1. The molecule has 1 amide bonds. The van der Waals surface area contributed by atoms with Gasteiger partial charge in [0.25, 0.3) is 11.6 Å². The molecule has 0 aliphatic rings. The van der Waals surface area contributed by atoms with Crippen molar-refractivity contribution in [1.82, 2.24) is 20.2 Å². The van der Waals surface area contributed by atoms with Crippen LogP contribution in [0.3, 0.4) is 0 Å². The molecule has 1 N–H and O–H groups in total. The molecule has 4 aromatic rings. The van der Waals surface area contributed by atoms with Crippen molar-refractivity contribution in [2.75, 3.05) is 5.75 Å². The van der Waals surface area contributed by atoms with Crippen molar-refractivity contribution in [2.24, 2.45) is 5.10 Å².